The molecule has 0 spiro atoms. The van der Waals surface area contributed by atoms with E-state index in [1.54, 1.807) is 24.3 Å². The third-order valence-electron chi connectivity index (χ3n) is 3.56. The summed E-state index contributed by atoms with van der Waals surface area (Å²) in [6.07, 6.45) is 0. The van der Waals surface area contributed by atoms with Gasteiger partial charge in [-0.2, -0.15) is 0 Å². The number of carbonyl (C=O) groups is 1. The molecular formula is C19H23NO2. The Morgan fingerprint density at radius 2 is 1.73 bits per heavy atom. The molecule has 2 rings (SSSR count). The first-order valence-corrected chi connectivity index (χ1v) is 7.50. The van der Waals surface area contributed by atoms with Crippen LogP contribution in [0.3, 0.4) is 0 Å². The van der Waals surface area contributed by atoms with E-state index in [2.05, 4.69) is 20.8 Å². The Balaban J connectivity index is 2.50. The van der Waals surface area contributed by atoms with Crippen molar-refractivity contribution in [2.45, 2.75) is 33.1 Å². The van der Waals surface area contributed by atoms with Gasteiger partial charge in [0.25, 0.3) is 0 Å². The lowest BCUT2D eigenvalue weighted by Crippen LogP contribution is -2.14. The second kappa shape index (κ2) is 6.22. The molecule has 0 radical (unpaired) electrons. The number of ether oxygens (including phenoxy) is 1. The Hall–Kier alpha value is -2.29. The Kier molecular flexibility index (Phi) is 4.55. The minimum Gasteiger partial charge on any atom is -0.493 e. The molecule has 2 aromatic carbocycles. The molecule has 0 aliphatic heterocycles. The molecule has 2 N–H and O–H groups in total. The molecule has 0 fully saturated rings. The van der Waals surface area contributed by atoms with Crippen LogP contribution in [0.5, 0.6) is 5.75 Å². The fourth-order valence-electron chi connectivity index (χ4n) is 2.25. The summed E-state index contributed by atoms with van der Waals surface area (Å²) >= 11 is 0. The van der Waals surface area contributed by atoms with Crippen LogP contribution in [0.2, 0.25) is 0 Å². The van der Waals surface area contributed by atoms with E-state index >= 15 is 0 Å². The van der Waals surface area contributed by atoms with E-state index in [1.807, 2.05) is 25.1 Å². The van der Waals surface area contributed by atoms with E-state index < -0.39 is 0 Å². The molecule has 0 aliphatic carbocycles. The Morgan fingerprint density at radius 3 is 2.27 bits per heavy atom. The molecule has 0 aliphatic rings. The zero-order chi connectivity index (χ0) is 16.3. The minimum absolute atomic E-state index is 0.0269. The standard InChI is InChI=1S/C19H23NO2/c1-5-22-17-11-8-14(19(2,3)4)12-16(17)18(21)13-6-9-15(20)10-7-13/h6-12H,5,20H2,1-4H3. The molecular weight excluding hydrogens is 274 g/mol. The zero-order valence-electron chi connectivity index (χ0n) is 13.6. The van der Waals surface area contributed by atoms with Gasteiger partial charge in [-0.1, -0.05) is 26.8 Å². The number of ketones is 1. The molecule has 0 heterocycles. The smallest absolute Gasteiger partial charge is 0.196 e. The fourth-order valence-corrected chi connectivity index (χ4v) is 2.25. The summed E-state index contributed by atoms with van der Waals surface area (Å²) in [7, 11) is 0. The number of anilines is 1. The Labute approximate surface area is 132 Å². The van der Waals surface area contributed by atoms with Crippen LogP contribution in [-0.2, 0) is 5.41 Å². The highest BCUT2D eigenvalue weighted by Gasteiger charge is 2.20. The minimum atomic E-state index is -0.0467. The number of nitrogen functional groups attached to an aromatic ring is 1. The fraction of sp³-hybridized carbons (Fsp3) is 0.316. The van der Waals surface area contributed by atoms with Gasteiger partial charge in [0.1, 0.15) is 5.75 Å². The van der Waals surface area contributed by atoms with Crippen LogP contribution in [0.25, 0.3) is 0 Å². The van der Waals surface area contributed by atoms with Gasteiger partial charge in [-0.3, -0.25) is 4.79 Å². The molecule has 0 saturated carbocycles. The van der Waals surface area contributed by atoms with E-state index in [-0.39, 0.29) is 11.2 Å². The van der Waals surface area contributed by atoms with Gasteiger partial charge in [0, 0.05) is 11.3 Å². The van der Waals surface area contributed by atoms with E-state index in [0.717, 1.165) is 5.56 Å². The molecule has 116 valence electrons. The summed E-state index contributed by atoms with van der Waals surface area (Å²) in [6, 6.07) is 12.8. The third-order valence-corrected chi connectivity index (χ3v) is 3.56. The molecule has 0 amide bonds. The summed E-state index contributed by atoms with van der Waals surface area (Å²) < 4.78 is 5.63. The van der Waals surface area contributed by atoms with Crippen molar-refractivity contribution in [2.24, 2.45) is 0 Å². The SMILES string of the molecule is CCOc1ccc(C(C)(C)C)cc1C(=O)c1ccc(N)cc1. The normalized spacial score (nSPS) is 11.3. The summed E-state index contributed by atoms with van der Waals surface area (Å²) in [5.41, 5.74) is 8.62. The molecule has 22 heavy (non-hydrogen) atoms. The van der Waals surface area contributed by atoms with Gasteiger partial charge in [0.2, 0.25) is 0 Å². The number of benzene rings is 2. The predicted molar refractivity (Wildman–Crippen MR) is 90.6 cm³/mol. The van der Waals surface area contributed by atoms with E-state index in [1.165, 1.54) is 0 Å². The van der Waals surface area contributed by atoms with Crippen LogP contribution in [0.4, 0.5) is 5.69 Å². The maximum atomic E-state index is 12.8. The number of hydrogen-bond donors (Lipinski definition) is 1. The van der Waals surface area contributed by atoms with Crippen molar-refractivity contribution in [3.8, 4) is 5.75 Å². The van der Waals surface area contributed by atoms with Crippen molar-refractivity contribution in [2.75, 3.05) is 12.3 Å². The summed E-state index contributed by atoms with van der Waals surface area (Å²) in [5.74, 6) is 0.576. The molecule has 0 atom stereocenters. The Morgan fingerprint density at radius 1 is 1.09 bits per heavy atom. The van der Waals surface area contributed by atoms with Crippen molar-refractivity contribution in [1.29, 1.82) is 0 Å². The highest BCUT2D eigenvalue weighted by atomic mass is 16.5. The van der Waals surface area contributed by atoms with Gasteiger partial charge in [0.15, 0.2) is 5.78 Å². The third kappa shape index (κ3) is 3.48. The van der Waals surface area contributed by atoms with E-state index in [9.17, 15) is 4.79 Å². The van der Waals surface area contributed by atoms with Gasteiger partial charge >= 0.3 is 0 Å². The molecule has 0 aromatic heterocycles. The lowest BCUT2D eigenvalue weighted by Gasteiger charge is -2.21. The zero-order valence-corrected chi connectivity index (χ0v) is 13.6. The van der Waals surface area contributed by atoms with Gasteiger partial charge in [-0.15, -0.1) is 0 Å². The number of nitrogens with two attached hydrogens (primary N) is 1. The maximum absolute atomic E-state index is 12.8. The Bertz CT molecular complexity index is 667. The number of rotatable bonds is 4. The van der Waals surface area contributed by atoms with Crippen LogP contribution in [0.15, 0.2) is 42.5 Å². The predicted octanol–water partition coefficient (Wildman–Crippen LogP) is 4.20. The highest BCUT2D eigenvalue weighted by molar-refractivity contribution is 6.11. The van der Waals surface area contributed by atoms with Crippen molar-refractivity contribution in [1.82, 2.24) is 0 Å². The van der Waals surface area contributed by atoms with Gasteiger partial charge in [-0.25, -0.2) is 0 Å². The first-order valence-electron chi connectivity index (χ1n) is 7.50. The quantitative estimate of drug-likeness (QED) is 0.680. The average Bonchev–Trinajstić information content (AvgIpc) is 2.47. The molecule has 0 saturated heterocycles. The summed E-state index contributed by atoms with van der Waals surface area (Å²) in [4.78, 5) is 12.8. The molecule has 2 aromatic rings. The van der Waals surface area contributed by atoms with Crippen molar-refractivity contribution < 1.29 is 9.53 Å². The second-order valence-electron chi connectivity index (χ2n) is 6.35. The van der Waals surface area contributed by atoms with E-state index in [0.29, 0.717) is 29.2 Å². The van der Waals surface area contributed by atoms with Crippen LogP contribution in [0, 0.1) is 0 Å². The monoisotopic (exact) mass is 297 g/mol. The molecule has 3 heteroatoms. The second-order valence-corrected chi connectivity index (χ2v) is 6.35. The lowest BCUT2D eigenvalue weighted by molar-refractivity contribution is 0.103. The van der Waals surface area contributed by atoms with Gasteiger partial charge in [-0.05, 0) is 54.3 Å². The maximum Gasteiger partial charge on any atom is 0.196 e. The average molecular weight is 297 g/mol. The lowest BCUT2D eigenvalue weighted by atomic mass is 9.85. The van der Waals surface area contributed by atoms with Crippen LogP contribution in [-0.4, -0.2) is 12.4 Å². The van der Waals surface area contributed by atoms with Gasteiger partial charge < -0.3 is 10.5 Å². The number of hydrogen-bond acceptors (Lipinski definition) is 3. The summed E-state index contributed by atoms with van der Waals surface area (Å²) in [6.45, 7) is 8.81. The van der Waals surface area contributed by atoms with Crippen molar-refractivity contribution in [3.05, 3.63) is 59.2 Å². The summed E-state index contributed by atoms with van der Waals surface area (Å²) in [5, 5.41) is 0. The highest BCUT2D eigenvalue weighted by Crippen LogP contribution is 2.29. The van der Waals surface area contributed by atoms with Crippen LogP contribution >= 0.6 is 0 Å². The molecule has 0 bridgehead atoms. The van der Waals surface area contributed by atoms with Crippen LogP contribution in [0.1, 0.15) is 49.2 Å². The largest absolute Gasteiger partial charge is 0.493 e. The molecule has 3 nitrogen and oxygen atoms in total. The van der Waals surface area contributed by atoms with Crippen LogP contribution < -0.4 is 10.5 Å². The molecule has 0 unspecified atom stereocenters. The van der Waals surface area contributed by atoms with E-state index in [4.69, 9.17) is 10.5 Å². The first kappa shape index (κ1) is 16.1. The van der Waals surface area contributed by atoms with Gasteiger partial charge in [0.05, 0.1) is 12.2 Å². The number of carbonyl (C=O) groups excluding carboxylic acids is 1. The topological polar surface area (TPSA) is 52.3 Å². The first-order chi connectivity index (χ1) is 10.3. The van der Waals surface area contributed by atoms with Crippen molar-refractivity contribution in [3.63, 3.8) is 0 Å². The van der Waals surface area contributed by atoms with Crippen molar-refractivity contribution >= 4 is 11.5 Å².